The van der Waals surface area contributed by atoms with Crippen LogP contribution in [-0.2, 0) is 9.84 Å². The molecular formula is C15H22N2O3S. The smallest absolute Gasteiger partial charge is 0.154 e. The normalized spacial score (nSPS) is 29.7. The lowest BCUT2D eigenvalue weighted by Crippen LogP contribution is -2.53. The maximum Gasteiger partial charge on any atom is 0.154 e. The Morgan fingerprint density at radius 1 is 1.14 bits per heavy atom. The van der Waals surface area contributed by atoms with Crippen LogP contribution in [0.2, 0.25) is 0 Å². The summed E-state index contributed by atoms with van der Waals surface area (Å²) in [5.74, 6) is 0.00831. The van der Waals surface area contributed by atoms with Crippen molar-refractivity contribution in [3.05, 3.63) is 29.8 Å². The van der Waals surface area contributed by atoms with Gasteiger partial charge in [0.1, 0.15) is 0 Å². The van der Waals surface area contributed by atoms with Crippen LogP contribution in [0.4, 0.5) is 5.69 Å². The molecule has 2 unspecified atom stereocenters. The van der Waals surface area contributed by atoms with Crippen LogP contribution in [0.25, 0.3) is 0 Å². The Balaban J connectivity index is 1.63. The first-order valence-electron chi connectivity index (χ1n) is 7.39. The number of aliphatic hydroxyl groups is 1. The van der Waals surface area contributed by atoms with Gasteiger partial charge in [0.2, 0.25) is 0 Å². The van der Waals surface area contributed by atoms with Gasteiger partial charge in [0.05, 0.1) is 23.7 Å². The fraction of sp³-hybridized carbons (Fsp3) is 0.600. The summed E-state index contributed by atoms with van der Waals surface area (Å²) >= 11 is 0. The number of anilines is 1. The summed E-state index contributed by atoms with van der Waals surface area (Å²) in [4.78, 5) is 4.45. The summed E-state index contributed by atoms with van der Waals surface area (Å²) in [6.45, 7) is 5.41. The molecule has 0 bridgehead atoms. The van der Waals surface area contributed by atoms with E-state index in [1.807, 2.05) is 0 Å². The third-order valence-corrected chi connectivity index (χ3v) is 6.14. The lowest BCUT2D eigenvalue weighted by Gasteiger charge is -2.39. The van der Waals surface area contributed by atoms with Crippen LogP contribution in [0.1, 0.15) is 5.56 Å². The molecule has 0 saturated carbocycles. The molecule has 6 heteroatoms. The van der Waals surface area contributed by atoms with Crippen molar-refractivity contribution in [2.45, 2.75) is 19.1 Å². The summed E-state index contributed by atoms with van der Waals surface area (Å²) in [7, 11) is -3.07. The summed E-state index contributed by atoms with van der Waals surface area (Å²) in [5, 5.41) is 9.96. The van der Waals surface area contributed by atoms with Crippen molar-refractivity contribution >= 4 is 15.5 Å². The Hall–Kier alpha value is -1.11. The number of benzene rings is 1. The summed E-state index contributed by atoms with van der Waals surface area (Å²) in [5.41, 5.74) is 2.46. The lowest BCUT2D eigenvalue weighted by molar-refractivity contribution is 0.0793. The molecule has 0 spiro atoms. The quantitative estimate of drug-likeness (QED) is 0.850. The Morgan fingerprint density at radius 3 is 2.43 bits per heavy atom. The van der Waals surface area contributed by atoms with Gasteiger partial charge in [0.15, 0.2) is 9.84 Å². The van der Waals surface area contributed by atoms with Crippen LogP contribution in [0, 0.1) is 6.92 Å². The van der Waals surface area contributed by atoms with E-state index in [0.717, 1.165) is 26.2 Å². The van der Waals surface area contributed by atoms with E-state index >= 15 is 0 Å². The fourth-order valence-electron chi connectivity index (χ4n) is 3.30. The second kappa shape index (κ2) is 5.59. The minimum Gasteiger partial charge on any atom is -0.390 e. The Kier molecular flexibility index (Phi) is 3.94. The van der Waals surface area contributed by atoms with E-state index in [2.05, 4.69) is 41.0 Å². The van der Waals surface area contributed by atoms with Gasteiger partial charge in [-0.3, -0.25) is 4.90 Å². The van der Waals surface area contributed by atoms with Gasteiger partial charge in [-0.15, -0.1) is 0 Å². The zero-order valence-corrected chi connectivity index (χ0v) is 13.1. The molecular weight excluding hydrogens is 288 g/mol. The van der Waals surface area contributed by atoms with Crippen LogP contribution in [0.5, 0.6) is 0 Å². The summed E-state index contributed by atoms with van der Waals surface area (Å²) in [6, 6.07) is 8.20. The first-order valence-corrected chi connectivity index (χ1v) is 9.21. The van der Waals surface area contributed by atoms with Gasteiger partial charge in [-0.05, 0) is 24.6 Å². The number of hydrogen-bond acceptors (Lipinski definition) is 5. The molecule has 2 fully saturated rings. The molecule has 2 heterocycles. The van der Waals surface area contributed by atoms with Gasteiger partial charge in [0.25, 0.3) is 0 Å². The number of nitrogens with zero attached hydrogens (tertiary/aromatic N) is 2. The largest absolute Gasteiger partial charge is 0.390 e. The number of rotatable bonds is 2. The third kappa shape index (κ3) is 3.22. The molecule has 0 amide bonds. The van der Waals surface area contributed by atoms with Crippen molar-refractivity contribution in [1.82, 2.24) is 4.90 Å². The zero-order valence-electron chi connectivity index (χ0n) is 12.3. The predicted octanol–water partition coefficient (Wildman–Crippen LogP) is 0.275. The van der Waals surface area contributed by atoms with Gasteiger partial charge in [0, 0.05) is 31.9 Å². The highest BCUT2D eigenvalue weighted by Crippen LogP contribution is 2.22. The highest BCUT2D eigenvalue weighted by molar-refractivity contribution is 7.91. The van der Waals surface area contributed by atoms with Crippen molar-refractivity contribution in [3.8, 4) is 0 Å². The van der Waals surface area contributed by atoms with Crippen LogP contribution in [0.3, 0.4) is 0 Å². The second-order valence-electron chi connectivity index (χ2n) is 6.07. The number of piperazine rings is 1. The van der Waals surface area contributed by atoms with E-state index in [4.69, 9.17) is 0 Å². The molecule has 0 aromatic heterocycles. The van der Waals surface area contributed by atoms with Gasteiger partial charge in [-0.25, -0.2) is 8.42 Å². The minimum atomic E-state index is -3.07. The van der Waals surface area contributed by atoms with E-state index in [1.54, 1.807) is 0 Å². The summed E-state index contributed by atoms with van der Waals surface area (Å²) in [6.07, 6.45) is -0.736. The molecule has 0 aliphatic carbocycles. The Bertz CT molecular complexity index is 609. The van der Waals surface area contributed by atoms with Gasteiger partial charge in [-0.2, -0.15) is 0 Å². The van der Waals surface area contributed by atoms with E-state index in [-0.39, 0.29) is 17.5 Å². The average molecular weight is 310 g/mol. The number of aliphatic hydroxyl groups excluding tert-OH is 1. The van der Waals surface area contributed by atoms with Crippen LogP contribution in [-0.4, -0.2) is 68.3 Å². The van der Waals surface area contributed by atoms with Crippen LogP contribution < -0.4 is 4.90 Å². The van der Waals surface area contributed by atoms with E-state index in [1.165, 1.54) is 11.3 Å². The van der Waals surface area contributed by atoms with Gasteiger partial charge in [-0.1, -0.05) is 12.1 Å². The Labute approximate surface area is 126 Å². The summed E-state index contributed by atoms with van der Waals surface area (Å²) < 4.78 is 23.2. The molecule has 2 atom stereocenters. The highest BCUT2D eigenvalue weighted by Gasteiger charge is 2.40. The molecule has 1 aromatic carbocycles. The van der Waals surface area contributed by atoms with E-state index in [9.17, 15) is 13.5 Å². The number of hydrogen-bond donors (Lipinski definition) is 1. The van der Waals surface area contributed by atoms with Crippen molar-refractivity contribution < 1.29 is 13.5 Å². The van der Waals surface area contributed by atoms with Crippen molar-refractivity contribution in [2.24, 2.45) is 0 Å². The van der Waals surface area contributed by atoms with Gasteiger partial charge >= 0.3 is 0 Å². The molecule has 21 heavy (non-hydrogen) atoms. The maximum absolute atomic E-state index is 11.6. The van der Waals surface area contributed by atoms with Crippen molar-refractivity contribution in [1.29, 1.82) is 0 Å². The molecule has 3 rings (SSSR count). The standard InChI is InChI=1S/C15H22N2O3S/c1-12-3-2-4-13(9-12)16-5-7-17(8-6-16)14-10-21(19,20)11-15(14)18/h2-4,9,14-15,18H,5-8,10-11H2,1H3. The topological polar surface area (TPSA) is 60.9 Å². The first kappa shape index (κ1) is 14.8. The second-order valence-corrected chi connectivity index (χ2v) is 8.23. The molecule has 116 valence electrons. The molecule has 0 radical (unpaired) electrons. The SMILES string of the molecule is Cc1cccc(N2CCN(C3CS(=O)(=O)CC3O)CC2)c1. The average Bonchev–Trinajstić information content (AvgIpc) is 2.72. The van der Waals surface area contributed by atoms with Crippen molar-refractivity contribution in [3.63, 3.8) is 0 Å². The van der Waals surface area contributed by atoms with Crippen molar-refractivity contribution in [2.75, 3.05) is 42.6 Å². The molecule has 2 aliphatic rings. The highest BCUT2D eigenvalue weighted by atomic mass is 32.2. The first-order chi connectivity index (χ1) is 9.94. The van der Waals surface area contributed by atoms with E-state index in [0.29, 0.717) is 0 Å². The molecule has 1 aromatic rings. The monoisotopic (exact) mass is 310 g/mol. The number of sulfone groups is 1. The van der Waals surface area contributed by atoms with Gasteiger partial charge < -0.3 is 10.0 Å². The minimum absolute atomic E-state index is 0.0875. The predicted molar refractivity (Wildman–Crippen MR) is 83.4 cm³/mol. The number of aryl methyl sites for hydroxylation is 1. The lowest BCUT2D eigenvalue weighted by atomic mass is 10.1. The van der Waals surface area contributed by atoms with Crippen LogP contribution >= 0.6 is 0 Å². The zero-order chi connectivity index (χ0) is 15.0. The molecule has 5 nitrogen and oxygen atoms in total. The Morgan fingerprint density at radius 2 is 1.86 bits per heavy atom. The van der Waals surface area contributed by atoms with Crippen LogP contribution in [0.15, 0.2) is 24.3 Å². The molecule has 2 aliphatic heterocycles. The fourth-order valence-corrected chi connectivity index (χ4v) is 5.13. The molecule has 2 saturated heterocycles. The third-order valence-electron chi connectivity index (χ3n) is 4.44. The maximum atomic E-state index is 11.6. The van der Waals surface area contributed by atoms with E-state index < -0.39 is 15.9 Å². The molecule has 1 N–H and O–H groups in total.